The molecule has 1 aliphatic heterocycles. The maximum absolute atomic E-state index is 13.3. The third kappa shape index (κ3) is 3.94. The average molecular weight is 428 g/mol. The highest BCUT2D eigenvalue weighted by atomic mass is 32.1. The summed E-state index contributed by atoms with van der Waals surface area (Å²) in [5.74, 6) is 0.225. The fourth-order valence-corrected chi connectivity index (χ4v) is 4.88. The summed E-state index contributed by atoms with van der Waals surface area (Å²) in [6.45, 7) is 1.46. The molecule has 1 amide bonds. The van der Waals surface area contributed by atoms with Gasteiger partial charge in [-0.3, -0.25) is 9.59 Å². The third-order valence-electron chi connectivity index (χ3n) is 5.45. The van der Waals surface area contributed by atoms with Crippen LogP contribution in [0, 0.1) is 0 Å². The van der Waals surface area contributed by atoms with Crippen LogP contribution in [0.5, 0.6) is 0 Å². The Morgan fingerprint density at radius 2 is 1.68 bits per heavy atom. The summed E-state index contributed by atoms with van der Waals surface area (Å²) in [7, 11) is 0. The predicted molar refractivity (Wildman–Crippen MR) is 126 cm³/mol. The Morgan fingerprint density at radius 1 is 1.00 bits per heavy atom. The smallest absolute Gasteiger partial charge is 0.259 e. The zero-order chi connectivity index (χ0) is 21.2. The van der Waals surface area contributed by atoms with Crippen LogP contribution in [-0.4, -0.2) is 33.9 Å². The van der Waals surface area contributed by atoms with Gasteiger partial charge in [0.2, 0.25) is 0 Å². The summed E-state index contributed by atoms with van der Waals surface area (Å²) in [5, 5.41) is 0.542. The fourth-order valence-electron chi connectivity index (χ4n) is 3.84. The van der Waals surface area contributed by atoms with Crippen LogP contribution in [0.3, 0.4) is 0 Å². The number of nitrogens with zero attached hydrogens (tertiary/aromatic N) is 2. The molecule has 0 atom stereocenters. The second-order valence-corrected chi connectivity index (χ2v) is 8.61. The van der Waals surface area contributed by atoms with Gasteiger partial charge in [0.25, 0.3) is 11.5 Å². The van der Waals surface area contributed by atoms with Crippen molar-refractivity contribution in [1.82, 2.24) is 14.9 Å². The van der Waals surface area contributed by atoms with E-state index in [9.17, 15) is 9.59 Å². The summed E-state index contributed by atoms with van der Waals surface area (Å²) < 4.78 is 0. The van der Waals surface area contributed by atoms with E-state index >= 15 is 0 Å². The minimum atomic E-state index is -0.230. The lowest BCUT2D eigenvalue weighted by Gasteiger charge is -2.17. The van der Waals surface area contributed by atoms with Crippen molar-refractivity contribution in [3.8, 4) is 10.4 Å². The molecular weight excluding hydrogens is 406 g/mol. The van der Waals surface area contributed by atoms with E-state index < -0.39 is 0 Å². The molecule has 2 aromatic heterocycles. The summed E-state index contributed by atoms with van der Waals surface area (Å²) in [6, 6.07) is 21.5. The Bertz CT molecular complexity index is 1320. The highest BCUT2D eigenvalue weighted by molar-refractivity contribution is 7.21. The van der Waals surface area contributed by atoms with E-state index in [2.05, 4.69) is 4.98 Å². The molecule has 0 unspecified atom stereocenters. The monoisotopic (exact) mass is 427 g/mol. The molecule has 1 N–H and O–H groups in total. The highest BCUT2D eigenvalue weighted by Crippen LogP contribution is 2.31. The Labute approximate surface area is 183 Å². The number of aromatic nitrogens is 2. The molecule has 31 heavy (non-hydrogen) atoms. The van der Waals surface area contributed by atoms with Gasteiger partial charge in [0.15, 0.2) is 0 Å². The largest absolute Gasteiger partial charge is 0.339 e. The van der Waals surface area contributed by atoms with E-state index in [0.29, 0.717) is 21.6 Å². The topological polar surface area (TPSA) is 66.1 Å². The maximum atomic E-state index is 13.3. The first kappa shape index (κ1) is 19.5. The molecule has 0 radical (unpaired) electrons. The van der Waals surface area contributed by atoms with Gasteiger partial charge in [0.05, 0.1) is 11.0 Å². The second-order valence-electron chi connectivity index (χ2n) is 7.58. The van der Waals surface area contributed by atoms with Gasteiger partial charge in [-0.1, -0.05) is 60.7 Å². The molecule has 6 heteroatoms. The van der Waals surface area contributed by atoms with Gasteiger partial charge in [0, 0.05) is 18.0 Å². The lowest BCUT2D eigenvalue weighted by Crippen LogP contribution is -2.29. The van der Waals surface area contributed by atoms with Crippen LogP contribution < -0.4 is 5.56 Å². The number of amides is 1. The zero-order valence-electron chi connectivity index (χ0n) is 16.9. The van der Waals surface area contributed by atoms with Gasteiger partial charge in [-0.15, -0.1) is 11.3 Å². The number of H-pyrrole nitrogens is 1. The first-order valence-electron chi connectivity index (χ1n) is 10.3. The van der Waals surface area contributed by atoms with Gasteiger partial charge in [0.1, 0.15) is 10.7 Å². The number of carbonyl (C=O) groups is 1. The number of benzene rings is 2. The molecule has 1 fully saturated rings. The number of hydrogen-bond donors (Lipinski definition) is 1. The van der Waals surface area contributed by atoms with Crippen LogP contribution in [0.2, 0.25) is 0 Å². The molecule has 154 valence electrons. The number of hydrogen-bond acceptors (Lipinski definition) is 4. The van der Waals surface area contributed by atoms with Gasteiger partial charge in [-0.25, -0.2) is 4.98 Å². The Balaban J connectivity index is 1.63. The molecular formula is C25H21N3O2S. The molecule has 5 rings (SSSR count). The van der Waals surface area contributed by atoms with Crippen LogP contribution in [0.4, 0.5) is 0 Å². The number of carbonyl (C=O) groups excluding carboxylic acids is 1. The normalized spacial score (nSPS) is 14.3. The second kappa shape index (κ2) is 8.32. The molecule has 2 aromatic carbocycles. The lowest BCUT2D eigenvalue weighted by atomic mass is 10.1. The number of likely N-dealkylation sites (tertiary alicyclic amines) is 1. The van der Waals surface area contributed by atoms with Crippen LogP contribution in [-0.2, 0) is 4.79 Å². The predicted octanol–water partition coefficient (Wildman–Crippen LogP) is 4.81. The van der Waals surface area contributed by atoms with Crippen molar-refractivity contribution >= 4 is 39.1 Å². The molecule has 1 aliphatic rings. The molecule has 1 saturated heterocycles. The van der Waals surface area contributed by atoms with Crippen LogP contribution in [0.1, 0.15) is 24.2 Å². The maximum Gasteiger partial charge on any atom is 0.259 e. The summed E-state index contributed by atoms with van der Waals surface area (Å²) >= 11 is 1.46. The Hall–Kier alpha value is -3.51. The van der Waals surface area contributed by atoms with Crippen molar-refractivity contribution in [2.75, 3.05) is 13.1 Å². The van der Waals surface area contributed by atoms with E-state index in [-0.39, 0.29) is 11.5 Å². The lowest BCUT2D eigenvalue weighted by molar-refractivity contribution is -0.123. The Kier molecular flexibility index (Phi) is 5.22. The average Bonchev–Trinajstić information content (AvgIpc) is 3.49. The van der Waals surface area contributed by atoms with Crippen LogP contribution in [0.15, 0.2) is 71.5 Å². The minimum Gasteiger partial charge on any atom is -0.339 e. The number of rotatable bonds is 4. The van der Waals surface area contributed by atoms with Crippen molar-refractivity contribution in [2.45, 2.75) is 12.8 Å². The van der Waals surface area contributed by atoms with Gasteiger partial charge >= 0.3 is 0 Å². The molecule has 5 nitrogen and oxygen atoms in total. The van der Waals surface area contributed by atoms with Crippen molar-refractivity contribution in [3.05, 3.63) is 88.5 Å². The third-order valence-corrected chi connectivity index (χ3v) is 6.53. The van der Waals surface area contributed by atoms with E-state index in [1.807, 2.05) is 77.7 Å². The molecule has 4 aromatic rings. The summed E-state index contributed by atoms with van der Waals surface area (Å²) in [4.78, 5) is 37.3. The SMILES string of the molecule is O=C(/C(=C/c1ccccc1)c1nc2sc(-c3ccccc3)cc2c(=O)[nH]1)N1CCCC1. The fraction of sp³-hybridized carbons (Fsp3) is 0.160. The Morgan fingerprint density at radius 3 is 2.39 bits per heavy atom. The molecule has 3 heterocycles. The van der Waals surface area contributed by atoms with Gasteiger partial charge in [-0.05, 0) is 36.1 Å². The molecule has 0 aliphatic carbocycles. The van der Waals surface area contributed by atoms with E-state index in [0.717, 1.165) is 41.9 Å². The van der Waals surface area contributed by atoms with Crippen molar-refractivity contribution in [3.63, 3.8) is 0 Å². The molecule has 0 saturated carbocycles. The number of aromatic amines is 1. The zero-order valence-corrected chi connectivity index (χ0v) is 17.7. The number of nitrogens with one attached hydrogen (secondary N) is 1. The molecule has 0 bridgehead atoms. The van der Waals surface area contributed by atoms with Crippen molar-refractivity contribution < 1.29 is 4.79 Å². The van der Waals surface area contributed by atoms with Gasteiger partial charge < -0.3 is 9.88 Å². The summed E-state index contributed by atoms with van der Waals surface area (Å²) in [5.41, 5.74) is 2.12. The quantitative estimate of drug-likeness (QED) is 0.475. The van der Waals surface area contributed by atoms with E-state index in [4.69, 9.17) is 4.98 Å². The van der Waals surface area contributed by atoms with Crippen LogP contribution >= 0.6 is 11.3 Å². The summed E-state index contributed by atoms with van der Waals surface area (Å²) in [6.07, 6.45) is 3.81. The minimum absolute atomic E-state index is 0.0938. The highest BCUT2D eigenvalue weighted by Gasteiger charge is 2.25. The van der Waals surface area contributed by atoms with Gasteiger partial charge in [-0.2, -0.15) is 0 Å². The standard InChI is InChI=1S/C25H21N3O2S/c29-23-20-16-21(18-11-5-2-6-12-18)31-24(20)27-22(26-23)19(15-17-9-3-1-4-10-17)25(30)28-13-7-8-14-28/h1-6,9-12,15-16H,7-8,13-14H2,(H,26,27,29)/b19-15+. The first-order chi connectivity index (χ1) is 15.2. The van der Waals surface area contributed by atoms with Crippen LogP contribution in [0.25, 0.3) is 32.3 Å². The van der Waals surface area contributed by atoms with Crippen molar-refractivity contribution in [1.29, 1.82) is 0 Å². The number of fused-ring (bicyclic) bond motifs is 1. The van der Waals surface area contributed by atoms with E-state index in [1.54, 1.807) is 0 Å². The first-order valence-corrected chi connectivity index (χ1v) is 11.2. The molecule has 0 spiro atoms. The number of thiophene rings is 1. The van der Waals surface area contributed by atoms with Crippen molar-refractivity contribution in [2.24, 2.45) is 0 Å². The van der Waals surface area contributed by atoms with E-state index in [1.165, 1.54) is 11.3 Å².